The predicted octanol–water partition coefficient (Wildman–Crippen LogP) is -3.49. The minimum atomic E-state index is -2.61. The van der Waals surface area contributed by atoms with Crippen LogP contribution in [0.2, 0.25) is 0 Å². The van der Waals surface area contributed by atoms with Gasteiger partial charge in [0.15, 0.2) is 0 Å². The van der Waals surface area contributed by atoms with E-state index in [-0.39, 0.29) is 24.3 Å². The minimum Gasteiger partial charge on any atom is -0.870 e. The van der Waals surface area contributed by atoms with Crippen LogP contribution in [0.3, 0.4) is 0 Å². The van der Waals surface area contributed by atoms with Gasteiger partial charge in [-0.3, -0.25) is 9.11 Å². The van der Waals surface area contributed by atoms with Gasteiger partial charge < -0.3 is 5.48 Å². The number of hydrogen-bond donors (Lipinski definition) is 2. The van der Waals surface area contributed by atoms with Gasteiger partial charge in [-0.1, -0.05) is 0 Å². The van der Waals surface area contributed by atoms with Crippen LogP contribution >= 0.6 is 0 Å². The molecule has 0 saturated heterocycles. The summed E-state index contributed by atoms with van der Waals surface area (Å²) in [6.07, 6.45) is 0. The topological polar surface area (TPSA) is 87.5 Å². The Labute approximate surface area is 49.5 Å². The van der Waals surface area contributed by atoms with Gasteiger partial charge in [-0.15, -0.1) is 0 Å². The first kappa shape index (κ1) is 16.0. The molecule has 0 aromatic heterocycles. The van der Waals surface area contributed by atoms with Crippen molar-refractivity contribution in [1.82, 2.24) is 0 Å². The van der Waals surface area contributed by atoms with Crippen molar-refractivity contribution in [2.45, 2.75) is 0 Å². The third-order valence-corrected chi connectivity index (χ3v) is 0. The Morgan fingerprint density at radius 1 is 1.33 bits per heavy atom. The maximum absolute atomic E-state index is 8.67. The molecule has 6 heteroatoms. The van der Waals surface area contributed by atoms with E-state index in [1.54, 1.807) is 0 Å². The second kappa shape index (κ2) is 9.16. The molecule has 0 heterocycles. The molecule has 0 aromatic rings. The fourth-order valence-corrected chi connectivity index (χ4v) is 0. The molecule has 0 aliphatic rings. The standard InChI is InChI=1S/Li.H2O3S.H2O/c;1-4(2)3;/h;(H2,1,2,3);1H2/q+1;;/p-1. The molecule has 0 unspecified atom stereocenters. The van der Waals surface area contributed by atoms with E-state index in [9.17, 15) is 0 Å². The summed E-state index contributed by atoms with van der Waals surface area (Å²) in [6, 6.07) is 0. The first-order valence-corrected chi connectivity index (χ1v) is 1.60. The van der Waals surface area contributed by atoms with E-state index >= 15 is 0 Å². The molecule has 0 bridgehead atoms. The smallest absolute Gasteiger partial charge is 0.870 e. The van der Waals surface area contributed by atoms with Crippen LogP contribution in [0.25, 0.3) is 0 Å². The van der Waals surface area contributed by atoms with Crippen molar-refractivity contribution in [3.63, 3.8) is 0 Å². The van der Waals surface area contributed by atoms with Gasteiger partial charge >= 0.3 is 18.9 Å². The molecular formula is H3LiO4S. The molecule has 0 saturated carbocycles. The van der Waals surface area contributed by atoms with Crippen molar-refractivity contribution in [3.8, 4) is 0 Å². The monoisotopic (exact) mass is 106 g/mol. The van der Waals surface area contributed by atoms with Gasteiger partial charge in [-0.2, -0.15) is 4.21 Å². The zero-order valence-electron chi connectivity index (χ0n) is 3.16. The molecule has 3 N–H and O–H groups in total. The first-order chi connectivity index (χ1) is 1.73. The maximum atomic E-state index is 8.67. The summed E-state index contributed by atoms with van der Waals surface area (Å²) < 4.78 is 22.8. The minimum absolute atomic E-state index is 0. The summed E-state index contributed by atoms with van der Waals surface area (Å²) in [6.45, 7) is 0. The van der Waals surface area contributed by atoms with Crippen molar-refractivity contribution in [3.05, 3.63) is 0 Å². The third-order valence-electron chi connectivity index (χ3n) is 0. The molecule has 0 spiro atoms. The van der Waals surface area contributed by atoms with Crippen LogP contribution in [0.1, 0.15) is 0 Å². The van der Waals surface area contributed by atoms with E-state index in [0.717, 1.165) is 0 Å². The van der Waals surface area contributed by atoms with Crippen molar-refractivity contribution < 1.29 is 37.7 Å². The Balaban J connectivity index is -0.0000000450. The Bertz CT molecular complexity index is 30.5. The van der Waals surface area contributed by atoms with Crippen LogP contribution in [0.5, 0.6) is 0 Å². The molecule has 0 aliphatic heterocycles. The SMILES string of the molecule is O=S(O)O.[Li+].[OH-]. The molecule has 34 valence electrons. The summed E-state index contributed by atoms with van der Waals surface area (Å²) in [7, 11) is 0. The van der Waals surface area contributed by atoms with Crippen molar-refractivity contribution in [1.29, 1.82) is 0 Å². The average molecular weight is 106 g/mol. The van der Waals surface area contributed by atoms with E-state index in [0.29, 0.717) is 0 Å². The first-order valence-electron chi connectivity index (χ1n) is 0.532. The molecule has 0 aliphatic carbocycles. The van der Waals surface area contributed by atoms with Gasteiger partial charge in [0.25, 0.3) is 11.4 Å². The summed E-state index contributed by atoms with van der Waals surface area (Å²) in [5, 5.41) is 0. The Kier molecular flexibility index (Phi) is 24.3. The average Bonchev–Trinajstić information content (AvgIpc) is 0.811. The van der Waals surface area contributed by atoms with E-state index in [1.807, 2.05) is 0 Å². The van der Waals surface area contributed by atoms with E-state index in [1.165, 1.54) is 0 Å². The van der Waals surface area contributed by atoms with E-state index < -0.39 is 11.4 Å². The van der Waals surface area contributed by atoms with Crippen LogP contribution in [-0.4, -0.2) is 18.8 Å². The molecule has 0 atom stereocenters. The Morgan fingerprint density at radius 2 is 1.33 bits per heavy atom. The largest absolute Gasteiger partial charge is 1.00 e. The number of rotatable bonds is 0. The summed E-state index contributed by atoms with van der Waals surface area (Å²) in [4.78, 5) is 0. The maximum Gasteiger partial charge on any atom is 1.00 e. The normalized spacial score (nSPS) is 5.83. The van der Waals surface area contributed by atoms with Crippen LogP contribution in [0.4, 0.5) is 0 Å². The van der Waals surface area contributed by atoms with Gasteiger partial charge in [0.1, 0.15) is 0 Å². The summed E-state index contributed by atoms with van der Waals surface area (Å²) in [5.41, 5.74) is 0. The van der Waals surface area contributed by atoms with Gasteiger partial charge in [0.2, 0.25) is 0 Å². The molecule has 0 radical (unpaired) electrons. The van der Waals surface area contributed by atoms with E-state index in [4.69, 9.17) is 13.3 Å². The van der Waals surface area contributed by atoms with Gasteiger partial charge in [0.05, 0.1) is 0 Å². The zero-order chi connectivity index (χ0) is 3.58. The Morgan fingerprint density at radius 3 is 1.33 bits per heavy atom. The van der Waals surface area contributed by atoms with Crippen molar-refractivity contribution >= 4 is 11.4 Å². The molecule has 0 rings (SSSR count). The Hall–Kier alpha value is 0.627. The summed E-state index contributed by atoms with van der Waals surface area (Å²) in [5.74, 6) is 0. The fraction of sp³-hybridized carbons (Fsp3) is 0. The second-order valence-corrected chi connectivity index (χ2v) is 0.692. The van der Waals surface area contributed by atoms with Gasteiger partial charge in [-0.25, -0.2) is 0 Å². The summed E-state index contributed by atoms with van der Waals surface area (Å²) >= 11 is -2.61. The zero-order valence-corrected chi connectivity index (χ0v) is 3.97. The number of hydrogen-bond acceptors (Lipinski definition) is 2. The quantitative estimate of drug-likeness (QED) is 0.248. The van der Waals surface area contributed by atoms with Crippen molar-refractivity contribution in [2.24, 2.45) is 0 Å². The van der Waals surface area contributed by atoms with Gasteiger partial charge in [0, 0.05) is 0 Å². The molecule has 0 fully saturated rings. The van der Waals surface area contributed by atoms with Crippen LogP contribution in [0.15, 0.2) is 0 Å². The molecule has 6 heavy (non-hydrogen) atoms. The molecular weight excluding hydrogens is 103 g/mol. The predicted molar refractivity (Wildman–Crippen MR) is 15.3 cm³/mol. The molecule has 4 nitrogen and oxygen atoms in total. The molecule has 0 aromatic carbocycles. The van der Waals surface area contributed by atoms with Crippen LogP contribution in [0, 0.1) is 0 Å². The third kappa shape index (κ3) is 155. The fourth-order valence-electron chi connectivity index (χ4n) is 0. The van der Waals surface area contributed by atoms with E-state index in [2.05, 4.69) is 0 Å². The van der Waals surface area contributed by atoms with Gasteiger partial charge in [-0.05, 0) is 0 Å². The van der Waals surface area contributed by atoms with Crippen LogP contribution < -0.4 is 18.9 Å². The second-order valence-electron chi connectivity index (χ2n) is 0.231. The van der Waals surface area contributed by atoms with Crippen LogP contribution in [-0.2, 0) is 11.4 Å². The molecule has 0 amide bonds. The van der Waals surface area contributed by atoms with Crippen molar-refractivity contribution in [2.75, 3.05) is 0 Å².